The van der Waals surface area contributed by atoms with Gasteiger partial charge in [0.2, 0.25) is 0 Å². The Morgan fingerprint density at radius 2 is 2.30 bits per heavy atom. The molecular formula is C14H18N2O4. The molecule has 1 N–H and O–H groups in total. The highest BCUT2D eigenvalue weighted by Crippen LogP contribution is 2.24. The van der Waals surface area contributed by atoms with Gasteiger partial charge >= 0.3 is 0 Å². The largest absolute Gasteiger partial charge is 0.396 e. The number of aliphatic hydroxyl groups excluding tert-OH is 1. The van der Waals surface area contributed by atoms with Crippen LogP contribution in [0.25, 0.3) is 0 Å². The molecule has 6 nitrogen and oxygen atoms in total. The van der Waals surface area contributed by atoms with Crippen LogP contribution in [0.5, 0.6) is 0 Å². The van der Waals surface area contributed by atoms with E-state index in [4.69, 9.17) is 0 Å². The quantitative estimate of drug-likeness (QED) is 0.674. The average molecular weight is 278 g/mol. The average Bonchev–Trinajstić information content (AvgIpc) is 2.46. The Bertz CT molecular complexity index is 530. The summed E-state index contributed by atoms with van der Waals surface area (Å²) >= 11 is 0. The van der Waals surface area contributed by atoms with Crippen LogP contribution in [0.2, 0.25) is 0 Å². The normalized spacial score (nSPS) is 18.9. The van der Waals surface area contributed by atoms with Crippen LogP contribution >= 0.6 is 0 Å². The van der Waals surface area contributed by atoms with Crippen molar-refractivity contribution in [1.29, 1.82) is 0 Å². The van der Waals surface area contributed by atoms with Gasteiger partial charge in [-0.15, -0.1) is 0 Å². The van der Waals surface area contributed by atoms with Crippen LogP contribution in [-0.4, -0.2) is 40.5 Å². The van der Waals surface area contributed by atoms with E-state index in [0.717, 1.165) is 12.8 Å². The third-order valence-corrected chi connectivity index (χ3v) is 3.80. The van der Waals surface area contributed by atoms with Crippen LogP contribution in [0.1, 0.15) is 28.8 Å². The monoisotopic (exact) mass is 278 g/mol. The Kier molecular flexibility index (Phi) is 4.34. The maximum absolute atomic E-state index is 12.5. The smallest absolute Gasteiger partial charge is 0.273 e. The van der Waals surface area contributed by atoms with Crippen molar-refractivity contribution in [3.8, 4) is 0 Å². The SMILES string of the molecule is Cc1c(C(=O)N2CCCC(CO)C2)cccc1[N+](=O)[O-]. The lowest BCUT2D eigenvalue weighted by atomic mass is 9.97. The molecule has 0 spiro atoms. The number of carbonyl (C=O) groups is 1. The Hall–Kier alpha value is -1.95. The lowest BCUT2D eigenvalue weighted by Crippen LogP contribution is -2.41. The molecular weight excluding hydrogens is 260 g/mol. The highest BCUT2D eigenvalue weighted by atomic mass is 16.6. The second kappa shape index (κ2) is 6.00. The van der Waals surface area contributed by atoms with Crippen molar-refractivity contribution in [1.82, 2.24) is 4.90 Å². The van der Waals surface area contributed by atoms with Crippen molar-refractivity contribution >= 4 is 11.6 Å². The molecule has 1 amide bonds. The number of piperidine rings is 1. The summed E-state index contributed by atoms with van der Waals surface area (Å²) in [6, 6.07) is 4.55. The summed E-state index contributed by atoms with van der Waals surface area (Å²) in [7, 11) is 0. The van der Waals surface area contributed by atoms with E-state index in [2.05, 4.69) is 0 Å². The Balaban J connectivity index is 2.25. The lowest BCUT2D eigenvalue weighted by Gasteiger charge is -2.32. The number of benzene rings is 1. The van der Waals surface area contributed by atoms with E-state index in [9.17, 15) is 20.0 Å². The molecule has 1 aromatic rings. The number of amides is 1. The summed E-state index contributed by atoms with van der Waals surface area (Å²) < 4.78 is 0. The molecule has 1 atom stereocenters. The minimum Gasteiger partial charge on any atom is -0.396 e. The molecule has 1 fully saturated rings. The van der Waals surface area contributed by atoms with Gasteiger partial charge in [0.1, 0.15) is 0 Å². The number of likely N-dealkylation sites (tertiary alicyclic amines) is 1. The number of hydrogen-bond acceptors (Lipinski definition) is 4. The van der Waals surface area contributed by atoms with Crippen molar-refractivity contribution in [2.75, 3.05) is 19.7 Å². The first-order valence-corrected chi connectivity index (χ1v) is 6.68. The fourth-order valence-electron chi connectivity index (χ4n) is 2.62. The maximum Gasteiger partial charge on any atom is 0.273 e. The third kappa shape index (κ3) is 2.80. The summed E-state index contributed by atoms with van der Waals surface area (Å²) in [6.45, 7) is 2.81. The predicted molar refractivity (Wildman–Crippen MR) is 73.5 cm³/mol. The van der Waals surface area contributed by atoms with E-state index in [1.807, 2.05) is 0 Å². The van der Waals surface area contributed by atoms with Gasteiger partial charge in [0.15, 0.2) is 0 Å². The Labute approximate surface area is 117 Å². The molecule has 1 aromatic carbocycles. The van der Waals surface area contributed by atoms with Gasteiger partial charge < -0.3 is 10.0 Å². The van der Waals surface area contributed by atoms with Crippen molar-refractivity contribution in [2.45, 2.75) is 19.8 Å². The number of hydrogen-bond donors (Lipinski definition) is 1. The minimum atomic E-state index is -0.473. The van der Waals surface area contributed by atoms with Gasteiger partial charge in [0.25, 0.3) is 11.6 Å². The lowest BCUT2D eigenvalue weighted by molar-refractivity contribution is -0.385. The van der Waals surface area contributed by atoms with Gasteiger partial charge in [0.05, 0.1) is 4.92 Å². The zero-order chi connectivity index (χ0) is 14.7. The molecule has 1 unspecified atom stereocenters. The molecule has 0 saturated carbocycles. The number of nitrogens with zero attached hydrogens (tertiary/aromatic N) is 2. The molecule has 6 heteroatoms. The van der Waals surface area contributed by atoms with Gasteiger partial charge in [-0.3, -0.25) is 14.9 Å². The van der Waals surface area contributed by atoms with Crippen LogP contribution in [0.4, 0.5) is 5.69 Å². The number of aliphatic hydroxyl groups is 1. The first-order chi connectivity index (χ1) is 9.54. The molecule has 0 bridgehead atoms. The first-order valence-electron chi connectivity index (χ1n) is 6.68. The Morgan fingerprint density at radius 1 is 1.55 bits per heavy atom. The number of rotatable bonds is 3. The second-order valence-corrected chi connectivity index (χ2v) is 5.15. The molecule has 0 radical (unpaired) electrons. The second-order valence-electron chi connectivity index (χ2n) is 5.15. The zero-order valence-electron chi connectivity index (χ0n) is 11.4. The van der Waals surface area contributed by atoms with Crippen molar-refractivity contribution in [3.05, 3.63) is 39.4 Å². The number of nitro benzene ring substituents is 1. The molecule has 1 saturated heterocycles. The van der Waals surface area contributed by atoms with Crippen LogP contribution in [0, 0.1) is 23.0 Å². The van der Waals surface area contributed by atoms with E-state index in [1.165, 1.54) is 12.1 Å². The number of nitro groups is 1. The summed E-state index contributed by atoms with van der Waals surface area (Å²) in [4.78, 5) is 24.6. The number of carbonyl (C=O) groups excluding carboxylic acids is 1. The van der Waals surface area contributed by atoms with Crippen molar-refractivity contribution in [2.24, 2.45) is 5.92 Å². The highest BCUT2D eigenvalue weighted by molar-refractivity contribution is 5.96. The van der Waals surface area contributed by atoms with Crippen molar-refractivity contribution in [3.63, 3.8) is 0 Å². The van der Waals surface area contributed by atoms with E-state index in [-0.39, 0.29) is 24.1 Å². The van der Waals surface area contributed by atoms with Gasteiger partial charge in [-0.2, -0.15) is 0 Å². The summed E-state index contributed by atoms with van der Waals surface area (Å²) in [5.41, 5.74) is 0.734. The van der Waals surface area contributed by atoms with E-state index in [0.29, 0.717) is 24.2 Å². The topological polar surface area (TPSA) is 83.7 Å². The summed E-state index contributed by atoms with van der Waals surface area (Å²) in [5.74, 6) is -0.0870. The molecule has 2 rings (SSSR count). The summed E-state index contributed by atoms with van der Waals surface area (Å²) in [6.07, 6.45) is 1.76. The Morgan fingerprint density at radius 3 is 2.95 bits per heavy atom. The van der Waals surface area contributed by atoms with Gasteiger partial charge in [-0.25, -0.2) is 0 Å². The fraction of sp³-hybridized carbons (Fsp3) is 0.500. The van der Waals surface area contributed by atoms with Gasteiger partial charge in [-0.1, -0.05) is 6.07 Å². The van der Waals surface area contributed by atoms with Crippen LogP contribution in [0.3, 0.4) is 0 Å². The van der Waals surface area contributed by atoms with Crippen LogP contribution < -0.4 is 0 Å². The molecule has 0 aliphatic carbocycles. The maximum atomic E-state index is 12.5. The van der Waals surface area contributed by atoms with Gasteiger partial charge in [0, 0.05) is 36.9 Å². The van der Waals surface area contributed by atoms with E-state index >= 15 is 0 Å². The van der Waals surface area contributed by atoms with Crippen LogP contribution in [-0.2, 0) is 0 Å². The fourth-order valence-corrected chi connectivity index (χ4v) is 2.62. The van der Waals surface area contributed by atoms with Gasteiger partial charge in [-0.05, 0) is 31.7 Å². The standard InChI is InChI=1S/C14H18N2O4/c1-10-12(5-2-6-13(10)16(19)20)14(18)15-7-3-4-11(8-15)9-17/h2,5-6,11,17H,3-4,7-9H2,1H3. The zero-order valence-corrected chi connectivity index (χ0v) is 11.4. The van der Waals surface area contributed by atoms with Crippen molar-refractivity contribution < 1.29 is 14.8 Å². The molecule has 1 aliphatic rings. The van der Waals surface area contributed by atoms with E-state index < -0.39 is 4.92 Å². The molecule has 1 aliphatic heterocycles. The molecule has 0 aromatic heterocycles. The molecule has 108 valence electrons. The summed E-state index contributed by atoms with van der Waals surface area (Å²) in [5, 5.41) is 20.1. The minimum absolute atomic E-state index is 0.0356. The molecule has 1 heterocycles. The predicted octanol–water partition coefficient (Wildman–Crippen LogP) is 1.75. The molecule has 20 heavy (non-hydrogen) atoms. The van der Waals surface area contributed by atoms with Crippen LogP contribution in [0.15, 0.2) is 18.2 Å². The highest BCUT2D eigenvalue weighted by Gasteiger charge is 2.26. The first kappa shape index (κ1) is 14.5. The van der Waals surface area contributed by atoms with E-state index in [1.54, 1.807) is 17.9 Å². The third-order valence-electron chi connectivity index (χ3n) is 3.80.